The Morgan fingerprint density at radius 2 is 1.17 bits per heavy atom. The summed E-state index contributed by atoms with van der Waals surface area (Å²) in [5.74, 6) is 9.13. The number of unbranched alkanes of at least 4 members (excludes halogenated alkanes) is 8. The fourth-order valence-corrected chi connectivity index (χ4v) is 10.8. The smallest absolute Gasteiger partial charge is 0.0306 e. The largest absolute Gasteiger partial charge is 0.0654 e. The van der Waals surface area contributed by atoms with Crippen molar-refractivity contribution >= 4 is 0 Å². The molecule has 0 aromatic carbocycles. The average molecular weight is 659 g/mol. The van der Waals surface area contributed by atoms with Gasteiger partial charge >= 0.3 is 0 Å². The zero-order valence-electron chi connectivity index (χ0n) is 35.2. The Hall–Kier alpha value is 0. The van der Waals surface area contributed by atoms with E-state index in [1.165, 1.54) is 154 Å². The van der Waals surface area contributed by atoms with E-state index in [1.54, 1.807) is 0 Å². The van der Waals surface area contributed by atoms with Crippen molar-refractivity contribution in [1.29, 1.82) is 0 Å². The molecular formula is C47H94. The molecule has 0 aliphatic heterocycles. The van der Waals surface area contributed by atoms with Gasteiger partial charge in [0.1, 0.15) is 0 Å². The Morgan fingerprint density at radius 1 is 0.574 bits per heavy atom. The fourth-order valence-electron chi connectivity index (χ4n) is 10.8. The first kappa shape index (κ1) is 45.0. The van der Waals surface area contributed by atoms with Gasteiger partial charge in [-0.2, -0.15) is 0 Å². The summed E-state index contributed by atoms with van der Waals surface area (Å²) >= 11 is 0. The van der Waals surface area contributed by atoms with E-state index >= 15 is 0 Å². The molecule has 0 bridgehead atoms. The van der Waals surface area contributed by atoms with Gasteiger partial charge in [0.25, 0.3) is 0 Å². The Kier molecular flexibility index (Phi) is 24.8. The highest BCUT2D eigenvalue weighted by molar-refractivity contribution is 4.96. The first-order valence-corrected chi connectivity index (χ1v) is 22.5. The topological polar surface area (TPSA) is 0 Å². The molecule has 282 valence electrons. The van der Waals surface area contributed by atoms with Crippen LogP contribution in [-0.4, -0.2) is 0 Å². The van der Waals surface area contributed by atoms with Crippen LogP contribution in [0.5, 0.6) is 0 Å². The van der Waals surface area contributed by atoms with Crippen LogP contribution in [0, 0.1) is 64.6 Å². The van der Waals surface area contributed by atoms with Crippen LogP contribution in [0.1, 0.15) is 237 Å². The molecule has 1 rings (SSSR count). The van der Waals surface area contributed by atoms with Crippen molar-refractivity contribution in [3.63, 3.8) is 0 Å². The van der Waals surface area contributed by atoms with Crippen molar-refractivity contribution in [3.05, 3.63) is 0 Å². The molecule has 0 radical (unpaired) electrons. The van der Waals surface area contributed by atoms with Gasteiger partial charge in [-0.15, -0.1) is 0 Å². The van der Waals surface area contributed by atoms with Crippen molar-refractivity contribution in [2.45, 2.75) is 237 Å². The van der Waals surface area contributed by atoms with Gasteiger partial charge in [0.2, 0.25) is 0 Å². The van der Waals surface area contributed by atoms with Crippen molar-refractivity contribution in [3.8, 4) is 0 Å². The second-order valence-electron chi connectivity index (χ2n) is 18.6. The molecule has 0 aromatic rings. The van der Waals surface area contributed by atoms with Crippen molar-refractivity contribution in [2.24, 2.45) is 64.6 Å². The molecule has 0 saturated heterocycles. The van der Waals surface area contributed by atoms with E-state index in [9.17, 15) is 0 Å². The van der Waals surface area contributed by atoms with E-state index in [-0.39, 0.29) is 0 Å². The molecule has 1 aliphatic rings. The Labute approximate surface area is 301 Å². The molecule has 0 amide bonds. The van der Waals surface area contributed by atoms with Crippen LogP contribution < -0.4 is 0 Å². The number of hydrogen-bond donors (Lipinski definition) is 0. The zero-order chi connectivity index (χ0) is 35.2. The van der Waals surface area contributed by atoms with Crippen molar-refractivity contribution in [1.82, 2.24) is 0 Å². The van der Waals surface area contributed by atoms with E-state index in [0.29, 0.717) is 5.41 Å². The minimum Gasteiger partial charge on any atom is -0.0654 e. The predicted octanol–water partition coefficient (Wildman–Crippen LogP) is 16.7. The molecule has 0 nitrogen and oxygen atoms in total. The summed E-state index contributed by atoms with van der Waals surface area (Å²) in [5, 5.41) is 0. The summed E-state index contributed by atoms with van der Waals surface area (Å²) in [7, 11) is 0. The van der Waals surface area contributed by atoms with Crippen molar-refractivity contribution in [2.75, 3.05) is 0 Å². The third kappa shape index (κ3) is 17.2. The van der Waals surface area contributed by atoms with Crippen LogP contribution in [0.4, 0.5) is 0 Å². The molecule has 0 aromatic heterocycles. The molecule has 1 saturated carbocycles. The molecule has 0 heterocycles. The highest BCUT2D eigenvalue weighted by Crippen LogP contribution is 2.55. The van der Waals surface area contributed by atoms with Crippen LogP contribution in [0.3, 0.4) is 0 Å². The maximum atomic E-state index is 2.70. The molecule has 1 aliphatic carbocycles. The highest BCUT2D eigenvalue weighted by atomic mass is 14.5. The summed E-state index contributed by atoms with van der Waals surface area (Å²) in [5.41, 5.74) is 0.460. The second kappa shape index (κ2) is 25.9. The lowest BCUT2D eigenvalue weighted by molar-refractivity contribution is 0.0808. The lowest BCUT2D eigenvalue weighted by Gasteiger charge is -2.41. The van der Waals surface area contributed by atoms with Gasteiger partial charge in [-0.05, 0) is 103 Å². The normalized spacial score (nSPS) is 23.1. The third-order valence-corrected chi connectivity index (χ3v) is 14.2. The summed E-state index contributed by atoms with van der Waals surface area (Å²) in [6.07, 6.45) is 34.6. The molecule has 8 unspecified atom stereocenters. The summed E-state index contributed by atoms with van der Waals surface area (Å²) in [4.78, 5) is 0. The quantitative estimate of drug-likeness (QED) is 0.0674. The van der Waals surface area contributed by atoms with E-state index in [0.717, 1.165) is 59.2 Å². The first-order valence-electron chi connectivity index (χ1n) is 22.5. The molecule has 47 heavy (non-hydrogen) atoms. The highest BCUT2D eigenvalue weighted by Gasteiger charge is 2.47. The van der Waals surface area contributed by atoms with Gasteiger partial charge < -0.3 is 0 Å². The van der Waals surface area contributed by atoms with Gasteiger partial charge in [0, 0.05) is 0 Å². The van der Waals surface area contributed by atoms with E-state index in [1.807, 2.05) is 0 Å². The van der Waals surface area contributed by atoms with E-state index < -0.39 is 0 Å². The minimum atomic E-state index is 0.460. The van der Waals surface area contributed by atoms with E-state index in [4.69, 9.17) is 0 Å². The van der Waals surface area contributed by atoms with Crippen LogP contribution in [0.15, 0.2) is 0 Å². The zero-order valence-corrected chi connectivity index (χ0v) is 35.2. The van der Waals surface area contributed by atoms with Gasteiger partial charge in [-0.25, -0.2) is 0 Å². The summed E-state index contributed by atoms with van der Waals surface area (Å²) in [6.45, 7) is 30.3. The number of hydrogen-bond acceptors (Lipinski definition) is 0. The average Bonchev–Trinajstić information content (AvgIpc) is 3.36. The van der Waals surface area contributed by atoms with Crippen molar-refractivity contribution < 1.29 is 0 Å². The monoisotopic (exact) mass is 659 g/mol. The van der Waals surface area contributed by atoms with Crippen LogP contribution in [0.25, 0.3) is 0 Å². The summed E-state index contributed by atoms with van der Waals surface area (Å²) in [6, 6.07) is 0. The van der Waals surface area contributed by atoms with Gasteiger partial charge in [0.05, 0.1) is 0 Å². The third-order valence-electron chi connectivity index (χ3n) is 14.2. The van der Waals surface area contributed by atoms with Crippen LogP contribution in [-0.2, 0) is 0 Å². The molecule has 8 atom stereocenters. The first-order chi connectivity index (χ1) is 22.5. The molecule has 0 spiro atoms. The molecule has 0 heteroatoms. The number of rotatable bonds is 30. The van der Waals surface area contributed by atoms with Crippen LogP contribution in [0.2, 0.25) is 0 Å². The maximum Gasteiger partial charge on any atom is -0.0306 e. The lowest BCUT2D eigenvalue weighted by atomic mass is 9.64. The fraction of sp³-hybridized carbons (Fsp3) is 1.00. The Morgan fingerprint density at radius 3 is 1.70 bits per heavy atom. The predicted molar refractivity (Wildman–Crippen MR) is 216 cm³/mol. The lowest BCUT2D eigenvalue weighted by Crippen LogP contribution is -2.33. The minimum absolute atomic E-state index is 0.460. The van der Waals surface area contributed by atoms with Gasteiger partial charge in [-0.1, -0.05) is 199 Å². The standard InChI is InChI=1S/C47H94/c1-13-19-20-21-22-23-24-25-26-29-38(9)44(35-40(16-4)17-5)36-42(37(7)8)32-33-47(11,12)46-39(10)34-43(45(46)28-15-3)31-30-41(18-6)27-14-2/h37-46H,13-36H2,1-12H3. The molecule has 0 N–H and O–H groups in total. The van der Waals surface area contributed by atoms with Gasteiger partial charge in [0.15, 0.2) is 0 Å². The summed E-state index contributed by atoms with van der Waals surface area (Å²) < 4.78 is 0. The second-order valence-corrected chi connectivity index (χ2v) is 18.6. The SMILES string of the molecule is CCCCCCCCCCCC(C)C(CC(CC)CC)CC(CCC(C)(C)C1C(C)CC(CCC(CC)CCC)C1CCC)C(C)C. The molecular weight excluding hydrogens is 565 g/mol. The van der Waals surface area contributed by atoms with Gasteiger partial charge in [-0.3, -0.25) is 0 Å². The maximum absolute atomic E-state index is 2.70. The Balaban J connectivity index is 2.88. The Bertz CT molecular complexity index is 699. The molecule has 1 fully saturated rings. The van der Waals surface area contributed by atoms with E-state index in [2.05, 4.69) is 83.1 Å². The van der Waals surface area contributed by atoms with Crippen LogP contribution >= 0.6 is 0 Å².